The molecule has 1 aliphatic rings. The Labute approximate surface area is 200 Å². The molecule has 0 bridgehead atoms. The average molecular weight is 497 g/mol. The van der Waals surface area contributed by atoms with Crippen LogP contribution >= 0.6 is 11.8 Å². The number of likely N-dealkylation sites (tertiary alicyclic amines) is 1. The number of rotatable bonds is 9. The fourth-order valence-electron chi connectivity index (χ4n) is 3.46. The molecule has 0 aromatic heterocycles. The molecular weight excluding hydrogens is 469 g/mol. The number of ether oxygens (including phenoxy) is 2. The Bertz CT molecular complexity index is 994. The lowest BCUT2D eigenvalue weighted by Crippen LogP contribution is -2.38. The Morgan fingerprint density at radius 2 is 1.76 bits per heavy atom. The van der Waals surface area contributed by atoms with Gasteiger partial charge in [-0.05, 0) is 56.5 Å². The predicted molar refractivity (Wildman–Crippen MR) is 125 cm³/mol. The van der Waals surface area contributed by atoms with Crippen LogP contribution in [0.15, 0.2) is 47.4 Å². The van der Waals surface area contributed by atoms with E-state index >= 15 is 0 Å². The van der Waals surface area contributed by atoms with Gasteiger partial charge in [0.05, 0.1) is 18.0 Å². The molecule has 0 unspecified atom stereocenters. The Balaban J connectivity index is 1.68. The molecule has 3 rings (SSSR count). The zero-order valence-corrected chi connectivity index (χ0v) is 19.6. The van der Waals surface area contributed by atoms with Crippen molar-refractivity contribution in [2.75, 3.05) is 37.4 Å². The van der Waals surface area contributed by atoms with Crippen molar-refractivity contribution >= 4 is 29.3 Å². The van der Waals surface area contributed by atoms with Gasteiger partial charge >= 0.3 is 6.18 Å². The van der Waals surface area contributed by atoms with Crippen molar-refractivity contribution in [3.05, 3.63) is 48.0 Å². The van der Waals surface area contributed by atoms with Gasteiger partial charge in [-0.25, -0.2) is 0 Å². The second-order valence-electron chi connectivity index (χ2n) is 7.68. The van der Waals surface area contributed by atoms with Gasteiger partial charge in [0.1, 0.15) is 0 Å². The van der Waals surface area contributed by atoms with E-state index in [1.807, 2.05) is 0 Å². The summed E-state index contributed by atoms with van der Waals surface area (Å²) in [5.41, 5.74) is 0.529. The van der Waals surface area contributed by atoms with Gasteiger partial charge in [0, 0.05) is 23.5 Å². The first-order chi connectivity index (χ1) is 16.3. The molecule has 1 saturated heterocycles. The SMILES string of the molecule is CCOc1cc(C(=O)Nc2ccccc2SCC(F)(F)F)ccc1OCC(=O)N1CCCCC1. The summed E-state index contributed by atoms with van der Waals surface area (Å²) < 4.78 is 49.1. The maximum absolute atomic E-state index is 12.8. The molecular formula is C24H27F3N2O4S. The number of nitrogens with zero attached hydrogens (tertiary/aromatic N) is 1. The first kappa shape index (κ1) is 25.7. The number of amides is 2. The molecule has 0 saturated carbocycles. The summed E-state index contributed by atoms with van der Waals surface area (Å²) >= 11 is 0.605. The standard InChI is InChI=1S/C24H27F3N2O4S/c1-2-32-20-14-17(10-11-19(20)33-15-22(30)29-12-6-3-7-13-29)23(31)28-18-8-4-5-9-21(18)34-16-24(25,26)27/h4-5,8-11,14H,2-3,6-7,12-13,15-16H2,1H3,(H,28,31). The quantitative estimate of drug-likeness (QED) is 0.472. The molecule has 1 fully saturated rings. The Morgan fingerprint density at radius 1 is 1.03 bits per heavy atom. The van der Waals surface area contributed by atoms with Crippen LogP contribution in [0.1, 0.15) is 36.5 Å². The number of benzene rings is 2. The number of piperidine rings is 1. The van der Waals surface area contributed by atoms with Crippen LogP contribution in [0.25, 0.3) is 0 Å². The number of carbonyl (C=O) groups excluding carboxylic acids is 2. The van der Waals surface area contributed by atoms with Crippen LogP contribution in [0.2, 0.25) is 0 Å². The molecule has 10 heteroatoms. The highest BCUT2D eigenvalue weighted by Gasteiger charge is 2.28. The molecule has 1 heterocycles. The molecule has 184 valence electrons. The van der Waals surface area contributed by atoms with Gasteiger partial charge in [0.2, 0.25) is 0 Å². The van der Waals surface area contributed by atoms with Crippen LogP contribution in [0.5, 0.6) is 11.5 Å². The van der Waals surface area contributed by atoms with E-state index in [-0.39, 0.29) is 23.8 Å². The molecule has 0 spiro atoms. The second-order valence-corrected chi connectivity index (χ2v) is 8.70. The lowest BCUT2D eigenvalue weighted by molar-refractivity contribution is -0.134. The van der Waals surface area contributed by atoms with Crippen LogP contribution in [-0.4, -0.2) is 54.9 Å². The fraction of sp³-hybridized carbons (Fsp3) is 0.417. The van der Waals surface area contributed by atoms with Gasteiger partial charge in [-0.3, -0.25) is 9.59 Å². The van der Waals surface area contributed by atoms with Crippen LogP contribution < -0.4 is 14.8 Å². The minimum atomic E-state index is -4.32. The highest BCUT2D eigenvalue weighted by atomic mass is 32.2. The largest absolute Gasteiger partial charge is 0.490 e. The highest BCUT2D eigenvalue weighted by Crippen LogP contribution is 2.33. The zero-order valence-electron chi connectivity index (χ0n) is 18.8. The first-order valence-electron chi connectivity index (χ1n) is 11.0. The third-order valence-corrected chi connectivity index (χ3v) is 6.23. The summed E-state index contributed by atoms with van der Waals surface area (Å²) in [6.45, 7) is 3.42. The number of carbonyl (C=O) groups is 2. The topological polar surface area (TPSA) is 67.9 Å². The lowest BCUT2D eigenvalue weighted by Gasteiger charge is -2.26. The molecule has 1 N–H and O–H groups in total. The number of hydrogen-bond donors (Lipinski definition) is 1. The average Bonchev–Trinajstić information content (AvgIpc) is 2.82. The summed E-state index contributed by atoms with van der Waals surface area (Å²) in [4.78, 5) is 27.3. The summed E-state index contributed by atoms with van der Waals surface area (Å²) in [6.07, 6.45) is -1.23. The maximum Gasteiger partial charge on any atom is 0.398 e. The van der Waals surface area contributed by atoms with Crippen molar-refractivity contribution in [3.63, 3.8) is 0 Å². The van der Waals surface area contributed by atoms with Crippen molar-refractivity contribution in [2.45, 2.75) is 37.3 Å². The van der Waals surface area contributed by atoms with Crippen LogP contribution in [0, 0.1) is 0 Å². The number of alkyl halides is 3. The number of thioether (sulfide) groups is 1. The van der Waals surface area contributed by atoms with Crippen molar-refractivity contribution in [1.82, 2.24) is 4.90 Å². The predicted octanol–water partition coefficient (Wildman–Crippen LogP) is 5.38. The monoisotopic (exact) mass is 496 g/mol. The Kier molecular flexibility index (Phi) is 9.09. The van der Waals surface area contributed by atoms with Gasteiger partial charge in [-0.2, -0.15) is 13.2 Å². The second kappa shape index (κ2) is 12.0. The summed E-state index contributed by atoms with van der Waals surface area (Å²) in [6, 6.07) is 10.9. The van der Waals surface area contributed by atoms with E-state index in [2.05, 4.69) is 5.32 Å². The normalized spacial score (nSPS) is 13.9. The van der Waals surface area contributed by atoms with E-state index in [4.69, 9.17) is 9.47 Å². The summed E-state index contributed by atoms with van der Waals surface area (Å²) in [5.74, 6) is -1.02. The number of para-hydroxylation sites is 1. The number of halogens is 3. The van der Waals surface area contributed by atoms with Gasteiger partial charge in [-0.1, -0.05) is 12.1 Å². The Hall–Kier alpha value is -2.88. The number of nitrogens with one attached hydrogen (secondary N) is 1. The van der Waals surface area contributed by atoms with Crippen LogP contribution in [0.3, 0.4) is 0 Å². The Morgan fingerprint density at radius 3 is 2.47 bits per heavy atom. The molecule has 1 aliphatic heterocycles. The van der Waals surface area contributed by atoms with Crippen LogP contribution in [-0.2, 0) is 4.79 Å². The fourth-order valence-corrected chi connectivity index (χ4v) is 4.23. The summed E-state index contributed by atoms with van der Waals surface area (Å²) in [5, 5.41) is 2.66. The lowest BCUT2D eigenvalue weighted by atomic mass is 10.1. The van der Waals surface area contributed by atoms with E-state index in [0.29, 0.717) is 34.8 Å². The van der Waals surface area contributed by atoms with Gasteiger partial charge in [-0.15, -0.1) is 11.8 Å². The molecule has 34 heavy (non-hydrogen) atoms. The van der Waals surface area contributed by atoms with Gasteiger partial charge < -0.3 is 19.7 Å². The number of hydrogen-bond acceptors (Lipinski definition) is 5. The van der Waals surface area contributed by atoms with Crippen molar-refractivity contribution in [3.8, 4) is 11.5 Å². The van der Waals surface area contributed by atoms with E-state index in [9.17, 15) is 22.8 Å². The minimum absolute atomic E-state index is 0.100. The molecule has 0 aliphatic carbocycles. The molecule has 2 aromatic rings. The van der Waals surface area contributed by atoms with Gasteiger partial charge in [0.15, 0.2) is 18.1 Å². The third kappa shape index (κ3) is 7.58. The molecule has 6 nitrogen and oxygen atoms in total. The number of anilines is 1. The zero-order chi connectivity index (χ0) is 24.6. The van der Waals surface area contributed by atoms with Crippen molar-refractivity contribution < 1.29 is 32.2 Å². The molecule has 2 aromatic carbocycles. The highest BCUT2D eigenvalue weighted by molar-refractivity contribution is 7.99. The van der Waals surface area contributed by atoms with E-state index in [1.54, 1.807) is 36.1 Å². The summed E-state index contributed by atoms with van der Waals surface area (Å²) in [7, 11) is 0. The smallest absolute Gasteiger partial charge is 0.398 e. The van der Waals surface area contributed by atoms with Crippen LogP contribution in [0.4, 0.5) is 18.9 Å². The van der Waals surface area contributed by atoms with Crippen molar-refractivity contribution in [2.24, 2.45) is 0 Å². The maximum atomic E-state index is 12.8. The molecule has 0 radical (unpaired) electrons. The first-order valence-corrected chi connectivity index (χ1v) is 12.0. The van der Waals surface area contributed by atoms with Gasteiger partial charge in [0.25, 0.3) is 11.8 Å². The van der Waals surface area contributed by atoms with E-state index in [1.165, 1.54) is 18.2 Å². The van der Waals surface area contributed by atoms with Crippen molar-refractivity contribution in [1.29, 1.82) is 0 Å². The molecule has 2 amide bonds. The molecule has 0 atom stereocenters. The third-order valence-electron chi connectivity index (χ3n) is 5.09. The van der Waals surface area contributed by atoms with E-state index < -0.39 is 17.8 Å². The van der Waals surface area contributed by atoms with E-state index in [0.717, 1.165) is 32.4 Å². The minimum Gasteiger partial charge on any atom is -0.490 e.